The van der Waals surface area contributed by atoms with E-state index >= 15 is 0 Å². The summed E-state index contributed by atoms with van der Waals surface area (Å²) in [4.78, 5) is 21.5. The highest BCUT2D eigenvalue weighted by Gasteiger charge is 2.21. The smallest absolute Gasteiger partial charge is 0.240 e. The lowest BCUT2D eigenvalue weighted by molar-refractivity contribution is -0.117. The van der Waals surface area contributed by atoms with E-state index in [1.807, 2.05) is 53.9 Å². The van der Waals surface area contributed by atoms with Gasteiger partial charge in [0.15, 0.2) is 5.13 Å². The summed E-state index contributed by atoms with van der Waals surface area (Å²) in [7, 11) is 1.70. The number of para-hydroxylation sites is 2. The van der Waals surface area contributed by atoms with Crippen molar-refractivity contribution in [3.8, 4) is 17.0 Å². The number of rotatable bonds is 6. The van der Waals surface area contributed by atoms with Crippen molar-refractivity contribution in [1.29, 1.82) is 0 Å². The van der Waals surface area contributed by atoms with Gasteiger partial charge in [-0.05, 0) is 12.1 Å². The fourth-order valence-electron chi connectivity index (χ4n) is 3.47. The summed E-state index contributed by atoms with van der Waals surface area (Å²) in [5, 5.41) is 5.54. The molecule has 1 fully saturated rings. The molecule has 29 heavy (non-hydrogen) atoms. The van der Waals surface area contributed by atoms with Gasteiger partial charge in [0.2, 0.25) is 5.91 Å². The average molecular weight is 409 g/mol. The molecule has 0 bridgehead atoms. The van der Waals surface area contributed by atoms with Gasteiger partial charge < -0.3 is 15.0 Å². The van der Waals surface area contributed by atoms with Gasteiger partial charge in [0.25, 0.3) is 0 Å². The van der Waals surface area contributed by atoms with Crippen LogP contribution in [0.4, 0.5) is 10.8 Å². The highest BCUT2D eigenvalue weighted by molar-refractivity contribution is 7.14. The van der Waals surface area contributed by atoms with Gasteiger partial charge in [0.1, 0.15) is 5.75 Å². The van der Waals surface area contributed by atoms with Gasteiger partial charge in [-0.15, -0.1) is 11.3 Å². The second-order valence-corrected chi connectivity index (χ2v) is 7.75. The van der Waals surface area contributed by atoms with Crippen LogP contribution in [0.25, 0.3) is 11.3 Å². The van der Waals surface area contributed by atoms with Crippen LogP contribution in [0.1, 0.15) is 0 Å². The molecule has 0 spiro atoms. The van der Waals surface area contributed by atoms with E-state index < -0.39 is 0 Å². The van der Waals surface area contributed by atoms with Crippen LogP contribution in [0, 0.1) is 0 Å². The Morgan fingerprint density at radius 1 is 1.07 bits per heavy atom. The number of benzene rings is 2. The standard InChI is InChI=1S/C22H24N4O2S/c1-28-20-10-6-5-9-19(20)26-13-11-25(12-14-26)15-21(27)24-22-23-18(16-29-22)17-7-3-2-4-8-17/h2-10,16H,11-15H2,1H3,(H,23,24,27). The number of nitrogens with zero attached hydrogens (tertiary/aromatic N) is 3. The largest absolute Gasteiger partial charge is 0.495 e. The maximum absolute atomic E-state index is 12.5. The SMILES string of the molecule is COc1ccccc1N1CCN(CC(=O)Nc2nc(-c3ccccc3)cs2)CC1. The van der Waals surface area contributed by atoms with Crippen molar-refractivity contribution in [2.45, 2.75) is 0 Å². The predicted molar refractivity (Wildman–Crippen MR) is 118 cm³/mol. The van der Waals surface area contributed by atoms with Crippen LogP contribution in [-0.4, -0.2) is 55.6 Å². The van der Waals surface area contributed by atoms with Gasteiger partial charge in [0.05, 0.1) is 25.0 Å². The van der Waals surface area contributed by atoms with Crippen molar-refractivity contribution in [1.82, 2.24) is 9.88 Å². The first kappa shape index (κ1) is 19.4. The van der Waals surface area contributed by atoms with E-state index in [-0.39, 0.29) is 5.91 Å². The minimum absolute atomic E-state index is 0.0234. The van der Waals surface area contributed by atoms with Crippen molar-refractivity contribution >= 4 is 28.1 Å². The van der Waals surface area contributed by atoms with Gasteiger partial charge in [-0.3, -0.25) is 9.69 Å². The second kappa shape index (κ2) is 9.07. The monoisotopic (exact) mass is 408 g/mol. The number of ether oxygens (including phenoxy) is 1. The van der Waals surface area contributed by atoms with Crippen molar-refractivity contribution in [2.24, 2.45) is 0 Å². The molecular weight excluding hydrogens is 384 g/mol. The highest BCUT2D eigenvalue weighted by atomic mass is 32.1. The highest BCUT2D eigenvalue weighted by Crippen LogP contribution is 2.28. The summed E-state index contributed by atoms with van der Waals surface area (Å²) in [6.45, 7) is 3.77. The topological polar surface area (TPSA) is 57.7 Å². The third-order valence-corrected chi connectivity index (χ3v) is 5.74. The van der Waals surface area contributed by atoms with Gasteiger partial charge >= 0.3 is 0 Å². The van der Waals surface area contributed by atoms with Crippen LogP contribution < -0.4 is 15.0 Å². The Balaban J connectivity index is 1.29. The quantitative estimate of drug-likeness (QED) is 0.676. The number of hydrogen-bond acceptors (Lipinski definition) is 6. The van der Waals surface area contributed by atoms with Crippen molar-refractivity contribution in [3.63, 3.8) is 0 Å². The number of aromatic nitrogens is 1. The van der Waals surface area contributed by atoms with Gasteiger partial charge in [-0.1, -0.05) is 42.5 Å². The number of carbonyl (C=O) groups is 1. The first-order chi connectivity index (χ1) is 14.2. The van der Waals surface area contributed by atoms with Crippen molar-refractivity contribution in [3.05, 3.63) is 60.0 Å². The van der Waals surface area contributed by atoms with Gasteiger partial charge in [-0.25, -0.2) is 4.98 Å². The Morgan fingerprint density at radius 3 is 2.55 bits per heavy atom. The van der Waals surface area contributed by atoms with Crippen LogP contribution in [0.2, 0.25) is 0 Å². The molecule has 1 aliphatic heterocycles. The number of piperazine rings is 1. The molecule has 1 aromatic heterocycles. The molecule has 1 saturated heterocycles. The molecule has 150 valence electrons. The minimum atomic E-state index is -0.0234. The lowest BCUT2D eigenvalue weighted by Crippen LogP contribution is -2.48. The Labute approximate surface area is 174 Å². The molecular formula is C22H24N4O2S. The first-order valence-electron chi connectivity index (χ1n) is 9.64. The molecule has 0 saturated carbocycles. The summed E-state index contributed by atoms with van der Waals surface area (Å²) < 4.78 is 5.47. The molecule has 0 atom stereocenters. The van der Waals surface area contributed by atoms with E-state index in [2.05, 4.69) is 26.2 Å². The summed E-state index contributed by atoms with van der Waals surface area (Å²) >= 11 is 1.45. The predicted octanol–water partition coefficient (Wildman–Crippen LogP) is 3.58. The van der Waals surface area contributed by atoms with E-state index in [1.165, 1.54) is 11.3 Å². The maximum atomic E-state index is 12.5. The third-order valence-electron chi connectivity index (χ3n) is 4.99. The third kappa shape index (κ3) is 4.75. The molecule has 7 heteroatoms. The lowest BCUT2D eigenvalue weighted by Gasteiger charge is -2.36. The van der Waals surface area contributed by atoms with Gasteiger partial charge in [-0.2, -0.15) is 0 Å². The molecule has 1 amide bonds. The van der Waals surface area contributed by atoms with Crippen LogP contribution in [0.3, 0.4) is 0 Å². The van der Waals surface area contributed by atoms with Crippen LogP contribution >= 0.6 is 11.3 Å². The number of carbonyl (C=O) groups excluding carboxylic acids is 1. The van der Waals surface area contributed by atoms with Crippen LogP contribution in [-0.2, 0) is 4.79 Å². The first-order valence-corrected chi connectivity index (χ1v) is 10.5. The summed E-state index contributed by atoms with van der Waals surface area (Å²) in [5.74, 6) is 0.862. The molecule has 1 aliphatic rings. The van der Waals surface area contributed by atoms with Crippen LogP contribution in [0.5, 0.6) is 5.75 Å². The molecule has 2 aromatic carbocycles. The average Bonchev–Trinajstić information content (AvgIpc) is 3.23. The van der Waals surface area contributed by atoms with E-state index in [0.29, 0.717) is 11.7 Å². The molecule has 1 N–H and O–H groups in total. The lowest BCUT2D eigenvalue weighted by atomic mass is 10.2. The zero-order chi connectivity index (χ0) is 20.1. The Bertz CT molecular complexity index is 952. The summed E-state index contributed by atoms with van der Waals surface area (Å²) in [6, 6.07) is 18.0. The fourth-order valence-corrected chi connectivity index (χ4v) is 4.21. The number of nitrogens with one attached hydrogen (secondary N) is 1. The van der Waals surface area contributed by atoms with Crippen LogP contribution in [0.15, 0.2) is 60.0 Å². The second-order valence-electron chi connectivity index (χ2n) is 6.89. The van der Waals surface area contributed by atoms with E-state index in [4.69, 9.17) is 4.74 Å². The number of methoxy groups -OCH3 is 1. The van der Waals surface area contributed by atoms with Crippen molar-refractivity contribution < 1.29 is 9.53 Å². The molecule has 0 unspecified atom stereocenters. The number of amides is 1. The van der Waals surface area contributed by atoms with E-state index in [9.17, 15) is 4.79 Å². The van der Waals surface area contributed by atoms with Gasteiger partial charge in [0, 0.05) is 37.1 Å². The molecule has 0 radical (unpaired) electrons. The Hall–Kier alpha value is -2.90. The van der Waals surface area contributed by atoms with Crippen molar-refractivity contribution in [2.75, 3.05) is 50.1 Å². The molecule has 6 nitrogen and oxygen atoms in total. The minimum Gasteiger partial charge on any atom is -0.495 e. The molecule has 2 heterocycles. The zero-order valence-corrected chi connectivity index (χ0v) is 17.2. The molecule has 4 rings (SSSR count). The molecule has 0 aliphatic carbocycles. The zero-order valence-electron chi connectivity index (χ0n) is 16.4. The fraction of sp³-hybridized carbons (Fsp3) is 0.273. The number of hydrogen-bond donors (Lipinski definition) is 1. The Kier molecular flexibility index (Phi) is 6.07. The molecule has 3 aromatic rings. The maximum Gasteiger partial charge on any atom is 0.240 e. The summed E-state index contributed by atoms with van der Waals surface area (Å²) in [6.07, 6.45) is 0. The Morgan fingerprint density at radius 2 is 1.79 bits per heavy atom. The van der Waals surface area contributed by atoms with E-state index in [0.717, 1.165) is 48.9 Å². The number of thiazole rings is 1. The van der Waals surface area contributed by atoms with E-state index in [1.54, 1.807) is 7.11 Å². The number of anilines is 2. The normalized spacial score (nSPS) is 14.6. The summed E-state index contributed by atoms with van der Waals surface area (Å²) in [5.41, 5.74) is 3.04.